The van der Waals surface area contributed by atoms with Crippen LogP contribution in [0.3, 0.4) is 0 Å². The van der Waals surface area contributed by atoms with Crippen LogP contribution < -0.4 is 4.74 Å². The first kappa shape index (κ1) is 13.9. The van der Waals surface area contributed by atoms with Crippen molar-refractivity contribution >= 4 is 22.8 Å². The lowest BCUT2D eigenvalue weighted by molar-refractivity contribution is -0.141. The van der Waals surface area contributed by atoms with Crippen molar-refractivity contribution in [3.05, 3.63) is 30.0 Å². The van der Waals surface area contributed by atoms with Crippen LogP contribution >= 0.6 is 0 Å². The van der Waals surface area contributed by atoms with Gasteiger partial charge in [0.05, 0.1) is 5.92 Å². The lowest BCUT2D eigenvalue weighted by atomic mass is 10.0. The Bertz CT molecular complexity index is 646. The van der Waals surface area contributed by atoms with E-state index in [9.17, 15) is 9.59 Å². The molecule has 0 aliphatic rings. The highest BCUT2D eigenvalue weighted by Gasteiger charge is 2.14. The fraction of sp³-hybridized carbons (Fsp3) is 0.286. The Balaban J connectivity index is 2.25. The summed E-state index contributed by atoms with van der Waals surface area (Å²) in [7, 11) is 0. The van der Waals surface area contributed by atoms with Crippen molar-refractivity contribution in [2.45, 2.75) is 13.3 Å². The molecule has 0 amide bonds. The zero-order chi connectivity index (χ0) is 14.7. The summed E-state index contributed by atoms with van der Waals surface area (Å²) < 4.78 is 5.12. The van der Waals surface area contributed by atoms with Gasteiger partial charge in [-0.3, -0.25) is 4.79 Å². The molecule has 20 heavy (non-hydrogen) atoms. The van der Waals surface area contributed by atoms with E-state index in [0.29, 0.717) is 12.2 Å². The van der Waals surface area contributed by atoms with Crippen molar-refractivity contribution in [1.82, 2.24) is 4.98 Å². The molecule has 6 nitrogen and oxygen atoms in total. The Morgan fingerprint density at radius 1 is 1.35 bits per heavy atom. The monoisotopic (exact) mass is 277 g/mol. The van der Waals surface area contributed by atoms with E-state index in [1.807, 2.05) is 0 Å². The van der Waals surface area contributed by atoms with Gasteiger partial charge in [-0.1, -0.05) is 6.92 Å². The number of H-pyrrole nitrogens is 1. The summed E-state index contributed by atoms with van der Waals surface area (Å²) in [4.78, 5) is 24.4. The molecule has 0 saturated carbocycles. The predicted octanol–water partition coefficient (Wildman–Crippen LogP) is 1.89. The van der Waals surface area contributed by atoms with Crippen LogP contribution in [-0.2, 0) is 16.0 Å². The van der Waals surface area contributed by atoms with Gasteiger partial charge in [-0.15, -0.1) is 0 Å². The second-order valence-electron chi connectivity index (χ2n) is 4.65. The van der Waals surface area contributed by atoms with E-state index >= 15 is 0 Å². The van der Waals surface area contributed by atoms with Crippen LogP contribution in [0.5, 0.6) is 5.75 Å². The minimum absolute atomic E-state index is 0.401. The molecule has 1 aromatic carbocycles. The molecule has 0 saturated heterocycles. The van der Waals surface area contributed by atoms with E-state index < -0.39 is 24.5 Å². The van der Waals surface area contributed by atoms with E-state index in [1.54, 1.807) is 31.3 Å². The quantitative estimate of drug-likeness (QED) is 0.748. The predicted molar refractivity (Wildman–Crippen MR) is 71.9 cm³/mol. The number of rotatable bonds is 6. The molecule has 0 spiro atoms. The topological polar surface area (TPSA) is 99.6 Å². The number of aliphatic carboxylic acids is 2. The minimum Gasteiger partial charge on any atom is -0.482 e. The number of hydrogen-bond acceptors (Lipinski definition) is 3. The van der Waals surface area contributed by atoms with E-state index in [4.69, 9.17) is 14.9 Å². The van der Waals surface area contributed by atoms with Crippen molar-refractivity contribution < 1.29 is 24.5 Å². The average molecular weight is 277 g/mol. The number of carboxylic acids is 2. The van der Waals surface area contributed by atoms with Crippen LogP contribution in [0.1, 0.15) is 12.5 Å². The molecule has 6 heteroatoms. The summed E-state index contributed by atoms with van der Waals surface area (Å²) in [6.07, 6.45) is 2.17. The van der Waals surface area contributed by atoms with Crippen LogP contribution in [-0.4, -0.2) is 33.7 Å². The van der Waals surface area contributed by atoms with Gasteiger partial charge in [0, 0.05) is 17.1 Å². The van der Waals surface area contributed by atoms with Crippen molar-refractivity contribution in [3.63, 3.8) is 0 Å². The van der Waals surface area contributed by atoms with Crippen molar-refractivity contribution in [2.24, 2.45) is 5.92 Å². The largest absolute Gasteiger partial charge is 0.482 e. The summed E-state index contributed by atoms with van der Waals surface area (Å²) in [6.45, 7) is 1.24. The molecule has 106 valence electrons. The highest BCUT2D eigenvalue weighted by molar-refractivity contribution is 5.85. The molecule has 1 aromatic heterocycles. The van der Waals surface area contributed by atoms with Gasteiger partial charge >= 0.3 is 11.9 Å². The molecule has 2 rings (SSSR count). The van der Waals surface area contributed by atoms with E-state index in [1.165, 1.54) is 0 Å². The lowest BCUT2D eigenvalue weighted by Gasteiger charge is -2.06. The number of aromatic nitrogens is 1. The molecule has 0 radical (unpaired) electrons. The number of nitrogens with one attached hydrogen (secondary N) is 1. The number of ether oxygens (including phenoxy) is 1. The summed E-state index contributed by atoms with van der Waals surface area (Å²) >= 11 is 0. The van der Waals surface area contributed by atoms with Crippen molar-refractivity contribution in [2.75, 3.05) is 6.61 Å². The van der Waals surface area contributed by atoms with Gasteiger partial charge in [-0.05, 0) is 30.2 Å². The third kappa shape index (κ3) is 3.09. The Kier molecular flexibility index (Phi) is 3.93. The Hall–Kier alpha value is -2.50. The number of carbonyl (C=O) groups is 2. The highest BCUT2D eigenvalue weighted by atomic mass is 16.5. The van der Waals surface area contributed by atoms with E-state index in [2.05, 4.69) is 4.98 Å². The average Bonchev–Trinajstić information content (AvgIpc) is 2.79. The number of fused-ring (bicyclic) bond motifs is 1. The zero-order valence-corrected chi connectivity index (χ0v) is 10.9. The van der Waals surface area contributed by atoms with Gasteiger partial charge in [-0.25, -0.2) is 4.79 Å². The first-order valence-corrected chi connectivity index (χ1v) is 6.15. The van der Waals surface area contributed by atoms with Gasteiger partial charge in [0.1, 0.15) is 5.75 Å². The van der Waals surface area contributed by atoms with Crippen LogP contribution in [0.25, 0.3) is 10.9 Å². The summed E-state index contributed by atoms with van der Waals surface area (Å²) in [5.74, 6) is -1.93. The molecule has 0 aliphatic carbocycles. The molecule has 1 unspecified atom stereocenters. The molecule has 3 N–H and O–H groups in total. The fourth-order valence-corrected chi connectivity index (χ4v) is 1.98. The van der Waals surface area contributed by atoms with Gasteiger partial charge in [0.25, 0.3) is 0 Å². The number of carboxylic acid groups (broad SMARTS) is 2. The Morgan fingerprint density at radius 3 is 2.75 bits per heavy atom. The normalized spacial score (nSPS) is 12.2. The van der Waals surface area contributed by atoms with E-state index in [0.717, 1.165) is 16.5 Å². The standard InChI is InChI=1S/C14H15NO5/c1-8(14(18)19)4-9-6-15-12-3-2-10(5-11(9)12)20-7-13(16)17/h2-3,5-6,8,15H,4,7H2,1H3,(H,16,17)(H,18,19). The maximum absolute atomic E-state index is 10.9. The summed E-state index contributed by atoms with van der Waals surface area (Å²) in [5, 5.41) is 18.4. The van der Waals surface area contributed by atoms with E-state index in [-0.39, 0.29) is 0 Å². The zero-order valence-electron chi connectivity index (χ0n) is 10.9. The third-order valence-corrected chi connectivity index (χ3v) is 3.05. The Morgan fingerprint density at radius 2 is 2.10 bits per heavy atom. The van der Waals surface area contributed by atoms with Crippen LogP contribution in [0.15, 0.2) is 24.4 Å². The SMILES string of the molecule is CC(Cc1c[nH]c2ccc(OCC(=O)O)cc12)C(=O)O. The number of hydrogen-bond donors (Lipinski definition) is 3. The summed E-state index contributed by atoms with van der Waals surface area (Å²) in [6, 6.07) is 5.17. The molecule has 1 heterocycles. The highest BCUT2D eigenvalue weighted by Crippen LogP contribution is 2.25. The first-order valence-electron chi connectivity index (χ1n) is 6.15. The number of aromatic amines is 1. The second-order valence-corrected chi connectivity index (χ2v) is 4.65. The maximum atomic E-state index is 10.9. The molecular weight excluding hydrogens is 262 g/mol. The Labute approximate surface area is 115 Å². The minimum atomic E-state index is -1.04. The van der Waals surface area contributed by atoms with Crippen molar-refractivity contribution in [1.29, 1.82) is 0 Å². The van der Waals surface area contributed by atoms with Gasteiger partial charge in [0.15, 0.2) is 6.61 Å². The molecule has 1 atom stereocenters. The van der Waals surface area contributed by atoms with Gasteiger partial charge in [0.2, 0.25) is 0 Å². The molecule has 2 aromatic rings. The molecule has 0 bridgehead atoms. The molecular formula is C14H15NO5. The smallest absolute Gasteiger partial charge is 0.341 e. The fourth-order valence-electron chi connectivity index (χ4n) is 1.98. The van der Waals surface area contributed by atoms with Gasteiger partial charge in [-0.2, -0.15) is 0 Å². The number of benzene rings is 1. The second kappa shape index (κ2) is 5.64. The maximum Gasteiger partial charge on any atom is 0.341 e. The van der Waals surface area contributed by atoms with Crippen molar-refractivity contribution in [3.8, 4) is 5.75 Å². The van der Waals surface area contributed by atoms with Crippen LogP contribution in [0, 0.1) is 5.92 Å². The van der Waals surface area contributed by atoms with Crippen LogP contribution in [0.2, 0.25) is 0 Å². The molecule has 0 fully saturated rings. The lowest BCUT2D eigenvalue weighted by Crippen LogP contribution is -2.12. The molecule has 0 aliphatic heterocycles. The van der Waals surface area contributed by atoms with Gasteiger partial charge < -0.3 is 19.9 Å². The third-order valence-electron chi connectivity index (χ3n) is 3.05. The summed E-state index contributed by atoms with van der Waals surface area (Å²) in [5.41, 5.74) is 1.73. The first-order chi connectivity index (χ1) is 9.47. The van der Waals surface area contributed by atoms with Crippen LogP contribution in [0.4, 0.5) is 0 Å².